The average molecular weight is 630 g/mol. The lowest BCUT2D eigenvalue weighted by molar-refractivity contribution is -0.152. The molecular weight excluding hydrogens is 581 g/mol. The molecule has 210 valence electrons. The maximum Gasteiger partial charge on any atom is 0.306 e. The Morgan fingerprint density at radius 2 is 1.73 bits per heavy atom. The average Bonchev–Trinajstić information content (AvgIpc) is 3.60. The van der Waals surface area contributed by atoms with E-state index in [4.69, 9.17) is 25.5 Å². The molecule has 7 heteroatoms. The molecule has 4 aliphatic heterocycles. The van der Waals surface area contributed by atoms with Gasteiger partial charge in [-0.3, -0.25) is 4.79 Å². The molecule has 7 atom stereocenters. The summed E-state index contributed by atoms with van der Waals surface area (Å²) in [6, 6.07) is 0. The lowest BCUT2D eigenvalue weighted by atomic mass is 9.87. The number of halogens is 1. The summed E-state index contributed by atoms with van der Waals surface area (Å²) in [6.45, 7) is 16.1. The largest absolute Gasteiger partial charge is 0.462 e. The first-order chi connectivity index (χ1) is 17.9. The number of carbonyl (C=O) groups excluding carboxylic acids is 1. The quantitative estimate of drug-likeness (QED) is 0.0742. The van der Waals surface area contributed by atoms with Crippen LogP contribution < -0.4 is 0 Å². The number of alkyl halides is 1. The minimum atomic E-state index is -0.0656. The van der Waals surface area contributed by atoms with Crippen LogP contribution in [0.25, 0.3) is 4.85 Å². The van der Waals surface area contributed by atoms with Gasteiger partial charge in [0.05, 0.1) is 30.5 Å². The van der Waals surface area contributed by atoms with Gasteiger partial charge >= 0.3 is 5.97 Å². The summed E-state index contributed by atoms with van der Waals surface area (Å²) >= 11 is 2.44. The van der Waals surface area contributed by atoms with E-state index in [2.05, 4.69) is 47.9 Å². The number of fused-ring (bicyclic) bond motifs is 1. The number of nitrogens with zero attached hydrogens (tertiary/aromatic N) is 1. The second-order valence-electron chi connectivity index (χ2n) is 11.3. The van der Waals surface area contributed by atoms with Crippen molar-refractivity contribution in [3.63, 3.8) is 0 Å². The van der Waals surface area contributed by atoms with Crippen LogP contribution in [0.4, 0.5) is 0 Å². The number of unbranched alkanes of at least 4 members (excludes halogenated alkanes) is 2. The maximum absolute atomic E-state index is 11.0. The van der Waals surface area contributed by atoms with Crippen molar-refractivity contribution in [2.45, 2.75) is 152 Å². The molecule has 0 amide bonds. The first-order valence-corrected chi connectivity index (χ1v) is 16.2. The summed E-state index contributed by atoms with van der Waals surface area (Å²) in [6.07, 6.45) is 17.3. The summed E-state index contributed by atoms with van der Waals surface area (Å²) in [5.74, 6) is -0.0491. The van der Waals surface area contributed by atoms with E-state index in [0.29, 0.717) is 25.2 Å². The van der Waals surface area contributed by atoms with Crippen molar-refractivity contribution in [3.8, 4) is 0 Å². The first kappa shape index (κ1) is 30.8. The molecule has 0 aromatic rings. The summed E-state index contributed by atoms with van der Waals surface area (Å²) in [5.41, 5.74) is 1.16. The Bertz CT molecular complexity index is 770. The van der Waals surface area contributed by atoms with Crippen LogP contribution in [0.15, 0.2) is 12.2 Å². The van der Waals surface area contributed by atoms with Crippen LogP contribution in [-0.2, 0) is 23.7 Å². The second kappa shape index (κ2) is 15.8. The third-order valence-electron chi connectivity index (χ3n) is 8.24. The second-order valence-corrected chi connectivity index (χ2v) is 12.0. The molecule has 0 spiro atoms. The Morgan fingerprint density at radius 1 is 0.973 bits per heavy atom. The van der Waals surface area contributed by atoms with Gasteiger partial charge in [-0.1, -0.05) is 68.7 Å². The Kier molecular flexibility index (Phi) is 13.2. The van der Waals surface area contributed by atoms with E-state index in [0.717, 1.165) is 62.2 Å². The van der Waals surface area contributed by atoms with Crippen LogP contribution >= 0.6 is 22.6 Å². The molecular formula is C30H48INO5. The Hall–Kier alpha value is -0.690. The number of hydrogen-bond donors (Lipinski definition) is 0. The van der Waals surface area contributed by atoms with E-state index in [1.807, 2.05) is 0 Å². The normalized spacial score (nSPS) is 35.0. The van der Waals surface area contributed by atoms with Crippen molar-refractivity contribution >= 4 is 28.6 Å². The van der Waals surface area contributed by atoms with Crippen molar-refractivity contribution in [2.24, 2.45) is 0 Å². The molecule has 0 radical (unpaired) electrons. The molecule has 4 fully saturated rings. The Balaban J connectivity index is 0.000000206. The zero-order valence-electron chi connectivity index (χ0n) is 23.1. The van der Waals surface area contributed by atoms with Gasteiger partial charge in [-0.05, 0) is 56.9 Å². The molecule has 4 saturated heterocycles. The monoisotopic (exact) mass is 629 g/mol. The van der Waals surface area contributed by atoms with Crippen molar-refractivity contribution in [1.29, 1.82) is 0 Å². The van der Waals surface area contributed by atoms with Crippen molar-refractivity contribution in [2.75, 3.05) is 11.0 Å². The van der Waals surface area contributed by atoms with Crippen LogP contribution in [0.5, 0.6) is 0 Å². The van der Waals surface area contributed by atoms with Gasteiger partial charge in [-0.25, -0.2) is 6.57 Å². The van der Waals surface area contributed by atoms with E-state index in [-0.39, 0.29) is 36.0 Å². The van der Waals surface area contributed by atoms with Crippen LogP contribution in [0.1, 0.15) is 110 Å². The molecule has 0 aromatic carbocycles. The number of ether oxygens (including phenoxy) is 4. The highest BCUT2D eigenvalue weighted by Crippen LogP contribution is 2.44. The van der Waals surface area contributed by atoms with Crippen LogP contribution in [0.2, 0.25) is 0 Å². The van der Waals surface area contributed by atoms with Gasteiger partial charge in [0.1, 0.15) is 11.7 Å². The highest BCUT2D eigenvalue weighted by Gasteiger charge is 2.52. The molecule has 0 aromatic heterocycles. The summed E-state index contributed by atoms with van der Waals surface area (Å²) < 4.78 is 24.9. The minimum absolute atomic E-state index is 0.0491. The van der Waals surface area contributed by atoms with Crippen molar-refractivity contribution < 1.29 is 23.7 Å². The van der Waals surface area contributed by atoms with Gasteiger partial charge in [0.15, 0.2) is 0 Å². The predicted octanol–water partition coefficient (Wildman–Crippen LogP) is 7.37. The van der Waals surface area contributed by atoms with Crippen LogP contribution in [0, 0.1) is 6.57 Å². The highest BCUT2D eigenvalue weighted by atomic mass is 127. The number of hydrogen-bond acceptors (Lipinski definition) is 5. The van der Waals surface area contributed by atoms with Gasteiger partial charge in [-0.2, -0.15) is 0 Å². The number of carbonyl (C=O) groups is 1. The standard InChI is InChI=1S/C15H24INO2.C15H24O3/c1-3-4-5-13-10-15(11-16)14(18-13)7-6-12(19-15)8-9-17-2;1-3-4-5-13-10-11(2)14(17-13)8-6-12-7-9-15(16)18-12/h12-14H,3-11H2,1H3;12-14H,2-10H2,1H3/t12-,13+,14+,15-;12-,13+,14?/m11/s1. The number of esters is 1. The van der Waals surface area contributed by atoms with E-state index in [1.54, 1.807) is 0 Å². The van der Waals surface area contributed by atoms with Gasteiger partial charge in [0.25, 0.3) is 0 Å². The smallest absolute Gasteiger partial charge is 0.306 e. The molecule has 0 N–H and O–H groups in total. The topological polar surface area (TPSA) is 58.4 Å². The van der Waals surface area contributed by atoms with Gasteiger partial charge in [0.2, 0.25) is 6.54 Å². The van der Waals surface area contributed by atoms with E-state index in [9.17, 15) is 4.79 Å². The fourth-order valence-corrected chi connectivity index (χ4v) is 7.07. The molecule has 4 rings (SSSR count). The molecule has 0 bridgehead atoms. The van der Waals surface area contributed by atoms with Crippen LogP contribution in [-0.4, -0.2) is 59.2 Å². The van der Waals surface area contributed by atoms with Crippen molar-refractivity contribution in [3.05, 3.63) is 23.6 Å². The molecule has 6 nitrogen and oxygen atoms in total. The molecule has 0 aliphatic carbocycles. The van der Waals surface area contributed by atoms with E-state index < -0.39 is 0 Å². The third-order valence-corrected chi connectivity index (χ3v) is 9.53. The number of rotatable bonds is 12. The Morgan fingerprint density at radius 3 is 2.38 bits per heavy atom. The van der Waals surface area contributed by atoms with Crippen LogP contribution in [0.3, 0.4) is 0 Å². The Labute approximate surface area is 238 Å². The van der Waals surface area contributed by atoms with Gasteiger partial charge in [-0.15, -0.1) is 0 Å². The SMILES string of the molecule is C=C1C[C@H](CCCC)OC1CC[C@@H]1CCC(=O)O1.[C-]#[N+]CC[C@H]1CC[C@@H]2O[C@@H](CCCC)C[C@]2(CI)O1. The van der Waals surface area contributed by atoms with Crippen molar-refractivity contribution in [1.82, 2.24) is 0 Å². The zero-order chi connectivity index (χ0) is 26.7. The van der Waals surface area contributed by atoms with Gasteiger partial charge in [0, 0.05) is 23.7 Å². The lowest BCUT2D eigenvalue weighted by Crippen LogP contribution is -2.49. The summed E-state index contributed by atoms with van der Waals surface area (Å²) in [5, 5.41) is 0. The van der Waals surface area contributed by atoms with E-state index in [1.165, 1.54) is 37.7 Å². The fourth-order valence-electron chi connectivity index (χ4n) is 6.09. The molecule has 37 heavy (non-hydrogen) atoms. The molecule has 0 saturated carbocycles. The predicted molar refractivity (Wildman–Crippen MR) is 155 cm³/mol. The summed E-state index contributed by atoms with van der Waals surface area (Å²) in [7, 11) is 0. The zero-order valence-corrected chi connectivity index (χ0v) is 25.2. The van der Waals surface area contributed by atoms with Gasteiger partial charge < -0.3 is 23.8 Å². The first-order valence-electron chi connectivity index (χ1n) is 14.7. The molecule has 4 heterocycles. The summed E-state index contributed by atoms with van der Waals surface area (Å²) in [4.78, 5) is 14.5. The maximum atomic E-state index is 11.0. The number of cyclic esters (lactones) is 1. The molecule has 4 aliphatic rings. The third kappa shape index (κ3) is 9.19. The lowest BCUT2D eigenvalue weighted by Gasteiger charge is -2.40. The van der Waals surface area contributed by atoms with E-state index >= 15 is 0 Å². The fraction of sp³-hybridized carbons (Fsp3) is 0.867. The molecule has 1 unspecified atom stereocenters. The minimum Gasteiger partial charge on any atom is -0.462 e. The highest BCUT2D eigenvalue weighted by molar-refractivity contribution is 14.1.